The average Bonchev–Trinajstić information content (AvgIpc) is 2.48. The highest BCUT2D eigenvalue weighted by Gasteiger charge is 2.09. The topological polar surface area (TPSA) is 38.3 Å². The number of halogens is 1. The van der Waals surface area contributed by atoms with Crippen LogP contribution in [0.5, 0.6) is 5.75 Å². The van der Waals surface area contributed by atoms with Gasteiger partial charge in [0, 0.05) is 0 Å². The molecule has 3 nitrogen and oxygen atoms in total. The van der Waals surface area contributed by atoms with Crippen molar-refractivity contribution >= 4 is 23.2 Å². The van der Waals surface area contributed by atoms with Crippen molar-refractivity contribution in [3.63, 3.8) is 0 Å². The lowest BCUT2D eigenvalue weighted by molar-refractivity contribution is -0.118. The first-order valence-corrected chi connectivity index (χ1v) is 8.04. The first-order valence-electron chi connectivity index (χ1n) is 7.66. The number of hydrogen-bond acceptors (Lipinski definition) is 2. The fourth-order valence-corrected chi connectivity index (χ4v) is 2.72. The number of ether oxygens (including phenoxy) is 1. The van der Waals surface area contributed by atoms with Gasteiger partial charge in [-0.15, -0.1) is 0 Å². The molecule has 0 aliphatic rings. The number of amides is 1. The fraction of sp³-hybridized carbons (Fsp3) is 0.316. The molecule has 2 rings (SSSR count). The summed E-state index contributed by atoms with van der Waals surface area (Å²) in [4.78, 5) is 12.0. The second-order valence-electron chi connectivity index (χ2n) is 5.99. The Morgan fingerprint density at radius 2 is 1.91 bits per heavy atom. The molecule has 1 N–H and O–H groups in total. The molecule has 0 fully saturated rings. The van der Waals surface area contributed by atoms with Gasteiger partial charge in [0.25, 0.3) is 5.91 Å². The molecule has 0 atom stereocenters. The van der Waals surface area contributed by atoms with Crippen molar-refractivity contribution in [2.75, 3.05) is 11.9 Å². The minimum atomic E-state index is -0.235. The summed E-state index contributed by atoms with van der Waals surface area (Å²) in [6.07, 6.45) is 0. The molecule has 0 bridgehead atoms. The van der Waals surface area contributed by atoms with Gasteiger partial charge in [0.05, 0.1) is 10.7 Å². The third-order valence-electron chi connectivity index (χ3n) is 3.63. The SMILES string of the molecule is Cc1ccc(NC(=O)COc2ccc(C(C)C)c(C)c2)c(Cl)c1. The van der Waals surface area contributed by atoms with Gasteiger partial charge in [-0.25, -0.2) is 0 Å². The zero-order valence-electron chi connectivity index (χ0n) is 13.9. The van der Waals surface area contributed by atoms with Crippen LogP contribution < -0.4 is 10.1 Å². The summed E-state index contributed by atoms with van der Waals surface area (Å²) in [5.41, 5.74) is 4.09. The summed E-state index contributed by atoms with van der Waals surface area (Å²) in [6.45, 7) is 8.26. The molecule has 0 radical (unpaired) electrons. The van der Waals surface area contributed by atoms with Crippen molar-refractivity contribution in [3.05, 3.63) is 58.1 Å². The van der Waals surface area contributed by atoms with Crippen LogP contribution in [0.15, 0.2) is 36.4 Å². The first-order chi connectivity index (χ1) is 10.9. The normalized spacial score (nSPS) is 10.7. The van der Waals surface area contributed by atoms with Crippen LogP contribution in [-0.2, 0) is 4.79 Å². The average molecular weight is 332 g/mol. The molecule has 122 valence electrons. The number of anilines is 1. The predicted octanol–water partition coefficient (Wildman–Crippen LogP) is 5.10. The monoisotopic (exact) mass is 331 g/mol. The maximum absolute atomic E-state index is 12.0. The van der Waals surface area contributed by atoms with E-state index in [1.807, 2.05) is 44.2 Å². The second kappa shape index (κ2) is 7.51. The van der Waals surface area contributed by atoms with Gasteiger partial charge in [-0.3, -0.25) is 4.79 Å². The van der Waals surface area contributed by atoms with Crippen LogP contribution >= 0.6 is 11.6 Å². The number of rotatable bonds is 5. The lowest BCUT2D eigenvalue weighted by atomic mass is 9.98. The summed E-state index contributed by atoms with van der Waals surface area (Å²) in [7, 11) is 0. The lowest BCUT2D eigenvalue weighted by Crippen LogP contribution is -2.20. The van der Waals surface area contributed by atoms with Crippen LogP contribution in [0.1, 0.15) is 36.5 Å². The summed E-state index contributed by atoms with van der Waals surface area (Å²) < 4.78 is 5.56. The van der Waals surface area contributed by atoms with Crippen LogP contribution in [0, 0.1) is 13.8 Å². The van der Waals surface area contributed by atoms with Crippen molar-refractivity contribution in [1.82, 2.24) is 0 Å². The summed E-state index contributed by atoms with van der Waals surface area (Å²) in [5.74, 6) is 0.925. The quantitative estimate of drug-likeness (QED) is 0.828. The van der Waals surface area contributed by atoms with E-state index in [0.29, 0.717) is 22.4 Å². The largest absolute Gasteiger partial charge is 0.484 e. The molecule has 0 saturated carbocycles. The van der Waals surface area contributed by atoms with Gasteiger partial charge in [0.1, 0.15) is 5.75 Å². The molecular formula is C19H22ClNO2. The van der Waals surface area contributed by atoms with Crippen LogP contribution in [0.3, 0.4) is 0 Å². The summed E-state index contributed by atoms with van der Waals surface area (Å²) in [6, 6.07) is 11.4. The van der Waals surface area contributed by atoms with E-state index in [1.54, 1.807) is 6.07 Å². The van der Waals surface area contributed by atoms with E-state index >= 15 is 0 Å². The van der Waals surface area contributed by atoms with Gasteiger partial charge < -0.3 is 10.1 Å². The Morgan fingerprint density at radius 3 is 2.52 bits per heavy atom. The van der Waals surface area contributed by atoms with Crippen molar-refractivity contribution < 1.29 is 9.53 Å². The van der Waals surface area contributed by atoms with Crippen LogP contribution in [0.25, 0.3) is 0 Å². The number of carbonyl (C=O) groups excluding carboxylic acids is 1. The van der Waals surface area contributed by atoms with Crippen molar-refractivity contribution in [3.8, 4) is 5.75 Å². The van der Waals surface area contributed by atoms with Crippen molar-refractivity contribution in [2.24, 2.45) is 0 Å². The van der Waals surface area contributed by atoms with E-state index in [9.17, 15) is 4.79 Å². The maximum atomic E-state index is 12.0. The lowest BCUT2D eigenvalue weighted by Gasteiger charge is -2.13. The Bertz CT molecular complexity index is 711. The Labute approximate surface area is 142 Å². The summed E-state index contributed by atoms with van der Waals surface area (Å²) in [5, 5.41) is 3.28. The van der Waals surface area contributed by atoms with Gasteiger partial charge in [-0.1, -0.05) is 37.6 Å². The highest BCUT2D eigenvalue weighted by atomic mass is 35.5. The number of carbonyl (C=O) groups is 1. The molecule has 2 aromatic rings. The zero-order chi connectivity index (χ0) is 17.0. The molecule has 23 heavy (non-hydrogen) atoms. The van der Waals surface area contributed by atoms with Crippen LogP contribution in [0.2, 0.25) is 5.02 Å². The Kier molecular flexibility index (Phi) is 5.67. The van der Waals surface area contributed by atoms with Gasteiger partial charge in [-0.05, 0) is 60.7 Å². The molecule has 0 spiro atoms. The molecule has 2 aromatic carbocycles. The Balaban J connectivity index is 1.95. The minimum absolute atomic E-state index is 0.0509. The van der Waals surface area contributed by atoms with E-state index in [1.165, 1.54) is 11.1 Å². The van der Waals surface area contributed by atoms with Crippen molar-refractivity contribution in [2.45, 2.75) is 33.6 Å². The minimum Gasteiger partial charge on any atom is -0.484 e. The molecule has 0 aromatic heterocycles. The van der Waals surface area contributed by atoms with E-state index in [-0.39, 0.29) is 12.5 Å². The molecule has 4 heteroatoms. The Hall–Kier alpha value is -2.00. The number of aryl methyl sites for hydroxylation is 2. The maximum Gasteiger partial charge on any atom is 0.262 e. The third kappa shape index (κ3) is 4.73. The fourth-order valence-electron chi connectivity index (χ4n) is 2.44. The molecule has 0 unspecified atom stereocenters. The first kappa shape index (κ1) is 17.4. The van der Waals surface area contributed by atoms with Gasteiger partial charge in [0.2, 0.25) is 0 Å². The number of benzene rings is 2. The molecule has 0 aliphatic carbocycles. The second-order valence-corrected chi connectivity index (χ2v) is 6.40. The molecule has 1 amide bonds. The third-order valence-corrected chi connectivity index (χ3v) is 3.94. The number of hydrogen-bond donors (Lipinski definition) is 1. The predicted molar refractivity (Wildman–Crippen MR) is 95.6 cm³/mol. The molecule has 0 saturated heterocycles. The molecule has 0 aliphatic heterocycles. The van der Waals surface area contributed by atoms with E-state index in [0.717, 1.165) is 5.56 Å². The number of nitrogens with one attached hydrogen (secondary N) is 1. The highest BCUT2D eigenvalue weighted by Crippen LogP contribution is 2.24. The van der Waals surface area contributed by atoms with Gasteiger partial charge >= 0.3 is 0 Å². The highest BCUT2D eigenvalue weighted by molar-refractivity contribution is 6.33. The van der Waals surface area contributed by atoms with Gasteiger partial charge in [0.15, 0.2) is 6.61 Å². The van der Waals surface area contributed by atoms with Crippen molar-refractivity contribution in [1.29, 1.82) is 0 Å². The van der Waals surface area contributed by atoms with E-state index in [2.05, 4.69) is 19.2 Å². The smallest absolute Gasteiger partial charge is 0.262 e. The Morgan fingerprint density at radius 1 is 1.17 bits per heavy atom. The molecule has 0 heterocycles. The van der Waals surface area contributed by atoms with Crippen LogP contribution in [0.4, 0.5) is 5.69 Å². The van der Waals surface area contributed by atoms with E-state index < -0.39 is 0 Å². The van der Waals surface area contributed by atoms with Crippen LogP contribution in [-0.4, -0.2) is 12.5 Å². The van der Waals surface area contributed by atoms with Gasteiger partial charge in [-0.2, -0.15) is 0 Å². The van der Waals surface area contributed by atoms with E-state index in [4.69, 9.17) is 16.3 Å². The zero-order valence-corrected chi connectivity index (χ0v) is 14.7. The summed E-state index contributed by atoms with van der Waals surface area (Å²) >= 11 is 6.10. The molecular weight excluding hydrogens is 310 g/mol. The standard InChI is InChI=1S/C19H22ClNO2/c1-12(2)16-7-6-15(10-14(16)4)23-11-19(22)21-18-8-5-13(3)9-17(18)20/h5-10,12H,11H2,1-4H3,(H,21,22).